The van der Waals surface area contributed by atoms with Crippen LogP contribution in [0.1, 0.15) is 63.5 Å². The van der Waals surface area contributed by atoms with Crippen LogP contribution >= 0.6 is 15.9 Å². The van der Waals surface area contributed by atoms with Gasteiger partial charge in [0.05, 0.1) is 0 Å². The molecule has 0 radical (unpaired) electrons. The molecule has 35 heavy (non-hydrogen) atoms. The third-order valence-corrected chi connectivity index (χ3v) is 6.67. The van der Waals surface area contributed by atoms with E-state index in [0.717, 1.165) is 33.4 Å². The molecule has 0 fully saturated rings. The average molecular weight is 530 g/mol. The highest BCUT2D eigenvalue weighted by Gasteiger charge is 2.08. The number of hydrogen-bond acceptors (Lipinski definition) is 2. The molecule has 0 aliphatic rings. The SMILES string of the molecule is CCCCCc1ccc(-c2ncc(-c3ccccc3)cn2)c(Br)c1.CCCCCc1ccccc1. The van der Waals surface area contributed by atoms with Crippen LogP contribution in [-0.2, 0) is 12.8 Å². The highest BCUT2D eigenvalue weighted by Crippen LogP contribution is 2.28. The Bertz CT molecular complexity index is 1110. The fourth-order valence-electron chi connectivity index (χ4n) is 3.95. The van der Waals surface area contributed by atoms with E-state index in [9.17, 15) is 0 Å². The van der Waals surface area contributed by atoms with Crippen LogP contribution in [0.4, 0.5) is 0 Å². The van der Waals surface area contributed by atoms with Crippen LogP contribution in [0.2, 0.25) is 0 Å². The van der Waals surface area contributed by atoms with Gasteiger partial charge in [-0.05, 0) is 54.5 Å². The predicted octanol–water partition coefficient (Wildman–Crippen LogP) is 9.73. The van der Waals surface area contributed by atoms with Crippen molar-refractivity contribution in [1.82, 2.24) is 9.97 Å². The summed E-state index contributed by atoms with van der Waals surface area (Å²) in [6, 6.07) is 27.4. The first-order chi connectivity index (χ1) is 17.2. The first-order valence-electron chi connectivity index (χ1n) is 12.9. The van der Waals surface area contributed by atoms with E-state index in [4.69, 9.17) is 0 Å². The summed E-state index contributed by atoms with van der Waals surface area (Å²) in [5, 5.41) is 0. The molecule has 1 aromatic heterocycles. The Morgan fingerprint density at radius 3 is 1.74 bits per heavy atom. The molecule has 2 nitrogen and oxygen atoms in total. The summed E-state index contributed by atoms with van der Waals surface area (Å²) in [5.74, 6) is 0.752. The smallest absolute Gasteiger partial charge is 0.160 e. The second-order valence-corrected chi connectivity index (χ2v) is 9.73. The average Bonchev–Trinajstić information content (AvgIpc) is 2.91. The van der Waals surface area contributed by atoms with E-state index in [1.165, 1.54) is 56.1 Å². The van der Waals surface area contributed by atoms with Gasteiger partial charge in [-0.3, -0.25) is 0 Å². The molecule has 3 aromatic carbocycles. The second-order valence-electron chi connectivity index (χ2n) is 8.88. The molecule has 0 atom stereocenters. The monoisotopic (exact) mass is 528 g/mol. The molecular weight excluding hydrogens is 492 g/mol. The van der Waals surface area contributed by atoms with E-state index >= 15 is 0 Å². The van der Waals surface area contributed by atoms with Gasteiger partial charge in [-0.25, -0.2) is 9.97 Å². The third-order valence-electron chi connectivity index (χ3n) is 6.01. The number of benzene rings is 3. The van der Waals surface area contributed by atoms with Crippen LogP contribution in [0.25, 0.3) is 22.5 Å². The van der Waals surface area contributed by atoms with E-state index in [1.807, 2.05) is 30.6 Å². The molecule has 0 saturated carbocycles. The lowest BCUT2D eigenvalue weighted by Crippen LogP contribution is -1.92. The molecule has 0 N–H and O–H groups in total. The maximum Gasteiger partial charge on any atom is 0.160 e. The second kappa shape index (κ2) is 15.3. The van der Waals surface area contributed by atoms with E-state index in [2.05, 4.69) is 100 Å². The lowest BCUT2D eigenvalue weighted by molar-refractivity contribution is 0.717. The first-order valence-corrected chi connectivity index (χ1v) is 13.7. The van der Waals surface area contributed by atoms with E-state index in [1.54, 1.807) is 0 Å². The Labute approximate surface area is 220 Å². The van der Waals surface area contributed by atoms with Crippen molar-refractivity contribution in [2.45, 2.75) is 65.2 Å². The van der Waals surface area contributed by atoms with Gasteiger partial charge < -0.3 is 0 Å². The van der Waals surface area contributed by atoms with Crippen molar-refractivity contribution >= 4 is 15.9 Å². The van der Waals surface area contributed by atoms with Crippen LogP contribution in [0, 0.1) is 0 Å². The number of aryl methyl sites for hydroxylation is 2. The molecule has 1 heterocycles. The third kappa shape index (κ3) is 9.07. The van der Waals surface area contributed by atoms with E-state index in [-0.39, 0.29) is 0 Å². The first kappa shape index (κ1) is 26.8. The number of unbranched alkanes of at least 4 members (excludes halogenated alkanes) is 4. The van der Waals surface area contributed by atoms with Gasteiger partial charge in [0.15, 0.2) is 5.82 Å². The molecule has 0 unspecified atom stereocenters. The minimum atomic E-state index is 0.752. The molecule has 0 aliphatic carbocycles. The summed E-state index contributed by atoms with van der Waals surface area (Å²) in [6.45, 7) is 4.47. The molecule has 0 spiro atoms. The van der Waals surface area contributed by atoms with Crippen molar-refractivity contribution in [1.29, 1.82) is 0 Å². The minimum Gasteiger partial charge on any atom is -0.236 e. The topological polar surface area (TPSA) is 25.8 Å². The molecule has 0 bridgehead atoms. The van der Waals surface area contributed by atoms with Crippen LogP contribution in [-0.4, -0.2) is 9.97 Å². The van der Waals surface area contributed by atoms with E-state index in [0.29, 0.717) is 0 Å². The van der Waals surface area contributed by atoms with Gasteiger partial charge in [0, 0.05) is 28.0 Å². The highest BCUT2D eigenvalue weighted by molar-refractivity contribution is 9.10. The maximum atomic E-state index is 4.55. The fourth-order valence-corrected chi connectivity index (χ4v) is 4.55. The summed E-state index contributed by atoms with van der Waals surface area (Å²) < 4.78 is 1.06. The molecule has 0 aliphatic heterocycles. The quantitative estimate of drug-likeness (QED) is 0.191. The van der Waals surface area contributed by atoms with Crippen LogP contribution < -0.4 is 0 Å². The Morgan fingerprint density at radius 1 is 0.600 bits per heavy atom. The Morgan fingerprint density at radius 2 is 1.17 bits per heavy atom. The molecule has 4 rings (SSSR count). The van der Waals surface area contributed by atoms with Crippen LogP contribution in [0.3, 0.4) is 0 Å². The van der Waals surface area contributed by atoms with Crippen molar-refractivity contribution in [3.63, 3.8) is 0 Å². The molecule has 3 heteroatoms. The van der Waals surface area contributed by atoms with Crippen molar-refractivity contribution in [2.24, 2.45) is 0 Å². The van der Waals surface area contributed by atoms with Crippen molar-refractivity contribution in [2.75, 3.05) is 0 Å². The van der Waals surface area contributed by atoms with Crippen LogP contribution in [0.5, 0.6) is 0 Å². The Kier molecular flexibility index (Phi) is 11.7. The van der Waals surface area contributed by atoms with Crippen LogP contribution in [0.15, 0.2) is 95.7 Å². The molecule has 4 aromatic rings. The minimum absolute atomic E-state index is 0.752. The summed E-state index contributed by atoms with van der Waals surface area (Å²) in [4.78, 5) is 9.10. The van der Waals surface area contributed by atoms with E-state index < -0.39 is 0 Å². The van der Waals surface area contributed by atoms with Gasteiger partial charge in [-0.1, -0.05) is 122 Å². The van der Waals surface area contributed by atoms with Crippen molar-refractivity contribution < 1.29 is 0 Å². The van der Waals surface area contributed by atoms with Gasteiger partial charge in [0.25, 0.3) is 0 Å². The summed E-state index contributed by atoms with van der Waals surface area (Å²) >= 11 is 3.68. The number of halogens is 1. The van der Waals surface area contributed by atoms with Gasteiger partial charge in [0.1, 0.15) is 0 Å². The number of nitrogens with zero attached hydrogens (tertiary/aromatic N) is 2. The largest absolute Gasteiger partial charge is 0.236 e. The number of hydrogen-bond donors (Lipinski definition) is 0. The standard InChI is InChI=1S/C21H21BrN2.C11H16/c1-2-3-5-8-16-11-12-19(20(22)13-16)21-23-14-18(15-24-21)17-9-6-4-7-10-17;1-2-3-5-8-11-9-6-4-7-10-11/h4,6-7,9-15H,2-3,5,8H2,1H3;4,6-7,9-10H,2-3,5,8H2,1H3. The van der Waals surface area contributed by atoms with Gasteiger partial charge in [-0.15, -0.1) is 0 Å². The van der Waals surface area contributed by atoms with Gasteiger partial charge >= 0.3 is 0 Å². The summed E-state index contributed by atoms with van der Waals surface area (Å²) in [6.07, 6.45) is 13.9. The number of aromatic nitrogens is 2. The molecule has 182 valence electrons. The molecule has 0 amide bonds. The Balaban J connectivity index is 0.000000261. The molecule has 0 saturated heterocycles. The lowest BCUT2D eigenvalue weighted by Gasteiger charge is -2.07. The highest BCUT2D eigenvalue weighted by atomic mass is 79.9. The zero-order valence-electron chi connectivity index (χ0n) is 21.1. The predicted molar refractivity (Wildman–Crippen MR) is 154 cm³/mol. The van der Waals surface area contributed by atoms with Gasteiger partial charge in [-0.2, -0.15) is 0 Å². The summed E-state index contributed by atoms with van der Waals surface area (Å²) in [5.41, 5.74) is 6.04. The van der Waals surface area contributed by atoms with Gasteiger partial charge in [0.2, 0.25) is 0 Å². The number of rotatable bonds is 10. The fraction of sp³-hybridized carbons (Fsp3) is 0.312. The Hall–Kier alpha value is -2.78. The lowest BCUT2D eigenvalue weighted by atomic mass is 10.0. The zero-order chi connectivity index (χ0) is 24.7. The zero-order valence-corrected chi connectivity index (χ0v) is 22.7. The van der Waals surface area contributed by atoms with Crippen molar-refractivity contribution in [3.8, 4) is 22.5 Å². The maximum absolute atomic E-state index is 4.55. The molecular formula is C32H37BrN2. The van der Waals surface area contributed by atoms with Crippen molar-refractivity contribution in [3.05, 3.63) is 107 Å². The normalized spacial score (nSPS) is 10.5. The summed E-state index contributed by atoms with van der Waals surface area (Å²) in [7, 11) is 0.